The maximum absolute atomic E-state index is 12.0. The quantitative estimate of drug-likeness (QED) is 0.760. The van der Waals surface area contributed by atoms with Gasteiger partial charge < -0.3 is 4.90 Å². The minimum atomic E-state index is 0.277. The van der Waals surface area contributed by atoms with Crippen LogP contribution in [-0.4, -0.2) is 12.5 Å². The van der Waals surface area contributed by atoms with E-state index in [4.69, 9.17) is 0 Å². The van der Waals surface area contributed by atoms with Crippen molar-refractivity contribution in [2.45, 2.75) is 39.0 Å². The molecule has 1 heterocycles. The SMILES string of the molecule is CCCCN1C(=O)CC(C)c2ccccc21. The monoisotopic (exact) mass is 217 g/mol. The lowest BCUT2D eigenvalue weighted by molar-refractivity contribution is -0.119. The first-order valence-electron chi connectivity index (χ1n) is 6.13. The summed E-state index contributed by atoms with van der Waals surface area (Å²) < 4.78 is 0. The minimum Gasteiger partial charge on any atom is -0.312 e. The molecule has 1 aliphatic rings. The number of benzene rings is 1. The van der Waals surface area contributed by atoms with Crippen molar-refractivity contribution in [2.75, 3.05) is 11.4 Å². The topological polar surface area (TPSA) is 20.3 Å². The third-order valence-electron chi connectivity index (χ3n) is 3.28. The van der Waals surface area contributed by atoms with Crippen molar-refractivity contribution in [1.29, 1.82) is 0 Å². The summed E-state index contributed by atoms with van der Waals surface area (Å²) >= 11 is 0. The van der Waals surface area contributed by atoms with E-state index in [0.717, 1.165) is 25.1 Å². The first kappa shape index (κ1) is 11.2. The molecular weight excluding hydrogens is 198 g/mol. The Morgan fingerprint density at radius 2 is 2.12 bits per heavy atom. The maximum Gasteiger partial charge on any atom is 0.227 e. The predicted molar refractivity (Wildman–Crippen MR) is 66.7 cm³/mol. The van der Waals surface area contributed by atoms with Crippen LogP contribution in [0.2, 0.25) is 0 Å². The molecule has 86 valence electrons. The number of carbonyl (C=O) groups excluding carboxylic acids is 1. The van der Waals surface area contributed by atoms with Gasteiger partial charge in [-0.05, 0) is 24.0 Å². The van der Waals surface area contributed by atoms with E-state index >= 15 is 0 Å². The van der Waals surface area contributed by atoms with Gasteiger partial charge in [0.25, 0.3) is 0 Å². The molecular formula is C14H19NO. The largest absolute Gasteiger partial charge is 0.312 e. The van der Waals surface area contributed by atoms with Crippen molar-refractivity contribution in [3.8, 4) is 0 Å². The first-order valence-corrected chi connectivity index (χ1v) is 6.13. The predicted octanol–water partition coefficient (Wildman–Crippen LogP) is 3.33. The van der Waals surface area contributed by atoms with Crippen LogP contribution in [0.15, 0.2) is 24.3 Å². The van der Waals surface area contributed by atoms with Crippen molar-refractivity contribution in [1.82, 2.24) is 0 Å². The highest BCUT2D eigenvalue weighted by atomic mass is 16.2. The Hall–Kier alpha value is -1.31. The van der Waals surface area contributed by atoms with Gasteiger partial charge in [-0.25, -0.2) is 0 Å². The number of unbranched alkanes of at least 4 members (excludes halogenated alkanes) is 1. The number of rotatable bonds is 3. The van der Waals surface area contributed by atoms with E-state index in [0.29, 0.717) is 12.3 Å². The van der Waals surface area contributed by atoms with Gasteiger partial charge in [-0.1, -0.05) is 38.5 Å². The zero-order chi connectivity index (χ0) is 11.5. The lowest BCUT2D eigenvalue weighted by atomic mass is 9.91. The fraction of sp³-hybridized carbons (Fsp3) is 0.500. The molecule has 1 aromatic rings. The Kier molecular flexibility index (Phi) is 3.28. The Labute approximate surface area is 97.3 Å². The van der Waals surface area contributed by atoms with Crippen LogP contribution in [0.3, 0.4) is 0 Å². The number of fused-ring (bicyclic) bond motifs is 1. The molecule has 2 nitrogen and oxygen atoms in total. The maximum atomic E-state index is 12.0. The lowest BCUT2D eigenvalue weighted by Crippen LogP contribution is -2.36. The van der Waals surface area contributed by atoms with Gasteiger partial charge in [0.1, 0.15) is 0 Å². The van der Waals surface area contributed by atoms with Crippen molar-refractivity contribution < 1.29 is 4.79 Å². The number of nitrogens with zero attached hydrogens (tertiary/aromatic N) is 1. The normalized spacial score (nSPS) is 19.8. The second-order valence-corrected chi connectivity index (χ2v) is 4.56. The molecule has 0 aliphatic carbocycles. The number of para-hydroxylation sites is 1. The fourth-order valence-corrected chi connectivity index (χ4v) is 2.33. The van der Waals surface area contributed by atoms with Gasteiger partial charge in [-0.15, -0.1) is 0 Å². The average molecular weight is 217 g/mol. The molecule has 1 aromatic carbocycles. The number of carbonyl (C=O) groups is 1. The number of amides is 1. The van der Waals surface area contributed by atoms with Crippen molar-refractivity contribution in [3.63, 3.8) is 0 Å². The van der Waals surface area contributed by atoms with Crippen molar-refractivity contribution in [2.24, 2.45) is 0 Å². The van der Waals surface area contributed by atoms with Gasteiger partial charge in [-0.2, -0.15) is 0 Å². The summed E-state index contributed by atoms with van der Waals surface area (Å²) in [7, 11) is 0. The second-order valence-electron chi connectivity index (χ2n) is 4.56. The first-order chi connectivity index (χ1) is 7.74. The van der Waals surface area contributed by atoms with Crippen LogP contribution in [0.1, 0.15) is 44.6 Å². The van der Waals surface area contributed by atoms with Crippen LogP contribution in [-0.2, 0) is 4.79 Å². The number of hydrogen-bond acceptors (Lipinski definition) is 1. The van der Waals surface area contributed by atoms with Crippen LogP contribution >= 0.6 is 0 Å². The van der Waals surface area contributed by atoms with Crippen molar-refractivity contribution >= 4 is 11.6 Å². The van der Waals surface area contributed by atoms with Crippen LogP contribution in [0.5, 0.6) is 0 Å². The third-order valence-corrected chi connectivity index (χ3v) is 3.28. The zero-order valence-corrected chi connectivity index (χ0v) is 10.1. The van der Waals surface area contributed by atoms with E-state index in [1.54, 1.807) is 0 Å². The number of anilines is 1. The Bertz CT molecular complexity index is 386. The number of hydrogen-bond donors (Lipinski definition) is 0. The van der Waals surface area contributed by atoms with Gasteiger partial charge in [0.05, 0.1) is 0 Å². The third kappa shape index (κ3) is 1.97. The average Bonchev–Trinajstić information content (AvgIpc) is 2.29. The van der Waals surface area contributed by atoms with E-state index in [1.165, 1.54) is 5.56 Å². The molecule has 16 heavy (non-hydrogen) atoms. The van der Waals surface area contributed by atoms with E-state index in [2.05, 4.69) is 32.0 Å². The van der Waals surface area contributed by atoms with Gasteiger partial charge in [0, 0.05) is 18.7 Å². The van der Waals surface area contributed by atoms with Crippen LogP contribution in [0.4, 0.5) is 5.69 Å². The highest BCUT2D eigenvalue weighted by Crippen LogP contribution is 2.35. The zero-order valence-electron chi connectivity index (χ0n) is 10.1. The van der Waals surface area contributed by atoms with E-state index in [-0.39, 0.29) is 5.91 Å². The summed E-state index contributed by atoms with van der Waals surface area (Å²) in [5.74, 6) is 0.640. The summed E-state index contributed by atoms with van der Waals surface area (Å²) in [4.78, 5) is 14.0. The van der Waals surface area contributed by atoms with Crippen LogP contribution in [0.25, 0.3) is 0 Å². The summed E-state index contributed by atoms with van der Waals surface area (Å²) in [6, 6.07) is 8.29. The molecule has 1 unspecified atom stereocenters. The molecule has 1 amide bonds. The molecule has 0 saturated carbocycles. The van der Waals surface area contributed by atoms with E-state index in [1.807, 2.05) is 11.0 Å². The molecule has 0 bridgehead atoms. The molecule has 0 N–H and O–H groups in total. The highest BCUT2D eigenvalue weighted by Gasteiger charge is 2.27. The minimum absolute atomic E-state index is 0.277. The molecule has 0 radical (unpaired) electrons. The second kappa shape index (κ2) is 4.69. The standard InChI is InChI=1S/C14H19NO/c1-3-4-9-15-13-8-6-5-7-12(13)11(2)10-14(15)16/h5-8,11H,3-4,9-10H2,1-2H3. The summed E-state index contributed by atoms with van der Waals surface area (Å²) in [6.45, 7) is 5.15. The molecule has 0 spiro atoms. The molecule has 1 aliphatic heterocycles. The molecule has 2 rings (SSSR count). The van der Waals surface area contributed by atoms with Gasteiger partial charge >= 0.3 is 0 Å². The smallest absolute Gasteiger partial charge is 0.227 e. The van der Waals surface area contributed by atoms with E-state index in [9.17, 15) is 4.79 Å². The molecule has 0 saturated heterocycles. The fourth-order valence-electron chi connectivity index (χ4n) is 2.33. The van der Waals surface area contributed by atoms with Gasteiger partial charge in [0.2, 0.25) is 5.91 Å². The van der Waals surface area contributed by atoms with Gasteiger partial charge in [0.15, 0.2) is 0 Å². The van der Waals surface area contributed by atoms with E-state index < -0.39 is 0 Å². The molecule has 0 fully saturated rings. The van der Waals surface area contributed by atoms with Crippen molar-refractivity contribution in [3.05, 3.63) is 29.8 Å². The molecule has 2 heteroatoms. The highest BCUT2D eigenvalue weighted by molar-refractivity contribution is 5.97. The van der Waals surface area contributed by atoms with Crippen LogP contribution in [0, 0.1) is 0 Å². The molecule has 1 atom stereocenters. The van der Waals surface area contributed by atoms with Crippen LogP contribution < -0.4 is 4.90 Å². The molecule has 0 aromatic heterocycles. The Morgan fingerprint density at radius 3 is 2.88 bits per heavy atom. The summed E-state index contributed by atoms with van der Waals surface area (Å²) in [5, 5.41) is 0. The Morgan fingerprint density at radius 1 is 1.38 bits per heavy atom. The Balaban J connectivity index is 2.31. The lowest BCUT2D eigenvalue weighted by Gasteiger charge is -2.32. The van der Waals surface area contributed by atoms with Gasteiger partial charge in [-0.3, -0.25) is 4.79 Å². The summed E-state index contributed by atoms with van der Waals surface area (Å²) in [5.41, 5.74) is 2.44. The summed E-state index contributed by atoms with van der Waals surface area (Å²) in [6.07, 6.45) is 2.86.